The summed E-state index contributed by atoms with van der Waals surface area (Å²) in [5.41, 5.74) is 0.293. The first-order valence-corrected chi connectivity index (χ1v) is 9.56. The molecule has 0 aromatic heterocycles. The maximum absolute atomic E-state index is 12.2. The molecule has 1 saturated heterocycles. The fourth-order valence-corrected chi connectivity index (χ4v) is 3.44. The van der Waals surface area contributed by atoms with Crippen molar-refractivity contribution in [2.24, 2.45) is 0 Å². The maximum Gasteiger partial charge on any atom is 0.234 e. The van der Waals surface area contributed by atoms with Gasteiger partial charge in [-0.05, 0) is 43.5 Å². The van der Waals surface area contributed by atoms with Crippen molar-refractivity contribution in [2.45, 2.75) is 24.9 Å². The van der Waals surface area contributed by atoms with Gasteiger partial charge in [-0.3, -0.25) is 9.69 Å². The van der Waals surface area contributed by atoms with Crippen molar-refractivity contribution >= 4 is 5.91 Å². The third-order valence-corrected chi connectivity index (χ3v) is 4.83. The second-order valence-corrected chi connectivity index (χ2v) is 7.23. The zero-order valence-electron chi connectivity index (χ0n) is 15.6. The number of ether oxygens (including phenoxy) is 1. The summed E-state index contributed by atoms with van der Waals surface area (Å²) in [4.78, 5) is 14.2. The number of amides is 1. The lowest BCUT2D eigenvalue weighted by Crippen LogP contribution is -2.53. The van der Waals surface area contributed by atoms with E-state index in [-0.39, 0.29) is 12.5 Å². The first kappa shape index (κ1) is 19.4. The van der Waals surface area contributed by atoms with Crippen LogP contribution >= 0.6 is 0 Å². The van der Waals surface area contributed by atoms with Crippen molar-refractivity contribution in [3.63, 3.8) is 0 Å². The van der Waals surface area contributed by atoms with E-state index in [0.29, 0.717) is 26.1 Å². The van der Waals surface area contributed by atoms with Crippen molar-refractivity contribution in [3.05, 3.63) is 66.2 Å². The van der Waals surface area contributed by atoms with E-state index >= 15 is 0 Å². The van der Waals surface area contributed by atoms with Gasteiger partial charge in [-0.25, -0.2) is 0 Å². The number of carbonyl (C=O) groups is 1. The normalized spacial score (nSPS) is 20.2. The molecule has 5 nitrogen and oxygen atoms in total. The monoisotopic (exact) mass is 368 g/mol. The SMILES string of the molecule is O=C(CN1CCCC(O)(COc2ccccc2)C1)NCCc1ccccc1. The molecule has 1 aliphatic heterocycles. The van der Waals surface area contributed by atoms with Gasteiger partial charge in [-0.15, -0.1) is 0 Å². The molecule has 0 saturated carbocycles. The molecule has 1 heterocycles. The minimum absolute atomic E-state index is 0.000779. The van der Waals surface area contributed by atoms with E-state index in [9.17, 15) is 9.90 Å². The molecule has 0 bridgehead atoms. The van der Waals surface area contributed by atoms with Gasteiger partial charge >= 0.3 is 0 Å². The highest BCUT2D eigenvalue weighted by Gasteiger charge is 2.34. The number of β-amino-alcohol motifs (C(OH)–C–C–N with tert-alkyl or cyclic N) is 1. The molecule has 1 fully saturated rings. The topological polar surface area (TPSA) is 61.8 Å². The van der Waals surface area contributed by atoms with Crippen molar-refractivity contribution < 1.29 is 14.6 Å². The van der Waals surface area contributed by atoms with Crippen LogP contribution in [-0.4, -0.2) is 54.3 Å². The van der Waals surface area contributed by atoms with E-state index in [1.54, 1.807) is 0 Å². The summed E-state index contributed by atoms with van der Waals surface area (Å²) in [5.74, 6) is 0.751. The smallest absolute Gasteiger partial charge is 0.234 e. The average Bonchev–Trinajstić information content (AvgIpc) is 2.68. The van der Waals surface area contributed by atoms with Gasteiger partial charge in [-0.1, -0.05) is 48.5 Å². The zero-order chi connectivity index (χ0) is 19.0. The fraction of sp³-hybridized carbons (Fsp3) is 0.409. The van der Waals surface area contributed by atoms with Gasteiger partial charge in [0.1, 0.15) is 18.0 Å². The minimum Gasteiger partial charge on any atom is -0.491 e. The molecule has 2 aromatic rings. The number of nitrogens with zero attached hydrogens (tertiary/aromatic N) is 1. The lowest BCUT2D eigenvalue weighted by Gasteiger charge is -2.38. The van der Waals surface area contributed by atoms with E-state index in [0.717, 1.165) is 25.1 Å². The Bertz CT molecular complexity index is 708. The second-order valence-electron chi connectivity index (χ2n) is 7.23. The lowest BCUT2D eigenvalue weighted by atomic mass is 9.93. The molecule has 2 aromatic carbocycles. The first-order valence-electron chi connectivity index (χ1n) is 9.56. The van der Waals surface area contributed by atoms with E-state index in [1.165, 1.54) is 5.56 Å². The van der Waals surface area contributed by atoms with Crippen LogP contribution in [0.4, 0.5) is 0 Å². The van der Waals surface area contributed by atoms with Gasteiger partial charge in [0, 0.05) is 13.1 Å². The number of para-hydroxylation sites is 1. The average molecular weight is 368 g/mol. The van der Waals surface area contributed by atoms with E-state index < -0.39 is 5.60 Å². The molecule has 1 amide bonds. The number of rotatable bonds is 8. The van der Waals surface area contributed by atoms with Crippen molar-refractivity contribution in [2.75, 3.05) is 32.8 Å². The van der Waals surface area contributed by atoms with Crippen LogP contribution in [0, 0.1) is 0 Å². The molecule has 3 rings (SSSR count). The van der Waals surface area contributed by atoms with Crippen LogP contribution in [0.3, 0.4) is 0 Å². The molecule has 27 heavy (non-hydrogen) atoms. The third-order valence-electron chi connectivity index (χ3n) is 4.83. The molecule has 1 atom stereocenters. The van der Waals surface area contributed by atoms with Crippen LogP contribution in [0.1, 0.15) is 18.4 Å². The number of carbonyl (C=O) groups excluding carboxylic acids is 1. The second kappa shape index (κ2) is 9.53. The van der Waals surface area contributed by atoms with Gasteiger partial charge in [-0.2, -0.15) is 0 Å². The van der Waals surface area contributed by atoms with Crippen LogP contribution in [0.5, 0.6) is 5.75 Å². The van der Waals surface area contributed by atoms with Crippen LogP contribution in [0.15, 0.2) is 60.7 Å². The van der Waals surface area contributed by atoms with E-state index in [2.05, 4.69) is 17.4 Å². The van der Waals surface area contributed by atoms with Crippen LogP contribution < -0.4 is 10.1 Å². The first-order chi connectivity index (χ1) is 13.1. The highest BCUT2D eigenvalue weighted by Crippen LogP contribution is 2.22. The summed E-state index contributed by atoms with van der Waals surface area (Å²) in [7, 11) is 0. The predicted octanol–water partition coefficient (Wildman–Crippen LogP) is 2.25. The van der Waals surface area contributed by atoms with Crippen molar-refractivity contribution in [1.82, 2.24) is 10.2 Å². The summed E-state index contributed by atoms with van der Waals surface area (Å²) in [5, 5.41) is 13.8. The number of nitrogens with one attached hydrogen (secondary N) is 1. The number of hydrogen-bond donors (Lipinski definition) is 2. The van der Waals surface area contributed by atoms with Crippen molar-refractivity contribution in [1.29, 1.82) is 0 Å². The molecule has 0 radical (unpaired) electrons. The highest BCUT2D eigenvalue weighted by molar-refractivity contribution is 5.78. The Morgan fingerprint density at radius 3 is 2.56 bits per heavy atom. The minimum atomic E-state index is -0.918. The largest absolute Gasteiger partial charge is 0.491 e. The van der Waals surface area contributed by atoms with Gasteiger partial charge < -0.3 is 15.2 Å². The Morgan fingerprint density at radius 2 is 1.81 bits per heavy atom. The Kier molecular flexibility index (Phi) is 6.85. The molecular formula is C22H28N2O3. The van der Waals surface area contributed by atoms with E-state index in [1.807, 2.05) is 53.4 Å². The summed E-state index contributed by atoms with van der Waals surface area (Å²) in [6.07, 6.45) is 2.36. The lowest BCUT2D eigenvalue weighted by molar-refractivity contribution is -0.124. The molecule has 144 valence electrons. The standard InChI is InChI=1S/C22H28N2O3/c25-21(23-14-12-19-8-3-1-4-9-19)16-24-15-7-13-22(26,17-24)18-27-20-10-5-2-6-11-20/h1-6,8-11,26H,7,12-18H2,(H,23,25). The third kappa shape index (κ3) is 6.38. The van der Waals surface area contributed by atoms with Gasteiger partial charge in [0.05, 0.1) is 6.54 Å². The van der Waals surface area contributed by atoms with E-state index in [4.69, 9.17) is 4.74 Å². The quantitative estimate of drug-likeness (QED) is 0.750. The molecule has 2 N–H and O–H groups in total. The van der Waals surface area contributed by atoms with Gasteiger partial charge in [0.2, 0.25) is 5.91 Å². The highest BCUT2D eigenvalue weighted by atomic mass is 16.5. The Morgan fingerprint density at radius 1 is 1.11 bits per heavy atom. The summed E-state index contributed by atoms with van der Waals surface area (Å²) in [6.45, 7) is 2.44. The maximum atomic E-state index is 12.2. The molecule has 0 aliphatic carbocycles. The molecule has 5 heteroatoms. The number of likely N-dealkylation sites (tertiary alicyclic amines) is 1. The van der Waals surface area contributed by atoms with Gasteiger partial charge in [0.15, 0.2) is 0 Å². The van der Waals surface area contributed by atoms with Crippen LogP contribution in [0.2, 0.25) is 0 Å². The zero-order valence-corrected chi connectivity index (χ0v) is 15.6. The number of aliphatic hydroxyl groups is 1. The summed E-state index contributed by atoms with van der Waals surface area (Å²) < 4.78 is 5.74. The van der Waals surface area contributed by atoms with Gasteiger partial charge in [0.25, 0.3) is 0 Å². The molecule has 1 aliphatic rings. The number of benzene rings is 2. The fourth-order valence-electron chi connectivity index (χ4n) is 3.44. The van der Waals surface area contributed by atoms with Crippen LogP contribution in [0.25, 0.3) is 0 Å². The number of hydrogen-bond acceptors (Lipinski definition) is 4. The predicted molar refractivity (Wildman–Crippen MR) is 106 cm³/mol. The van der Waals surface area contributed by atoms with Crippen LogP contribution in [-0.2, 0) is 11.2 Å². The molecule has 1 unspecified atom stereocenters. The Hall–Kier alpha value is -2.37. The number of piperidine rings is 1. The summed E-state index contributed by atoms with van der Waals surface area (Å²) in [6, 6.07) is 19.6. The Balaban J connectivity index is 1.41. The molecule has 0 spiro atoms. The summed E-state index contributed by atoms with van der Waals surface area (Å²) >= 11 is 0. The Labute approximate surface area is 161 Å². The van der Waals surface area contributed by atoms with Crippen molar-refractivity contribution in [3.8, 4) is 5.75 Å². The molecular weight excluding hydrogens is 340 g/mol.